The molecular formula is C15H20N2O3. The third-order valence-corrected chi connectivity index (χ3v) is 3.84. The summed E-state index contributed by atoms with van der Waals surface area (Å²) in [6, 6.07) is 5.49. The first kappa shape index (κ1) is 13.5. The van der Waals surface area contributed by atoms with Gasteiger partial charge in [0.15, 0.2) is 0 Å². The van der Waals surface area contributed by atoms with E-state index in [2.05, 4.69) is 10.3 Å². The predicted molar refractivity (Wildman–Crippen MR) is 73.4 cm³/mol. The maximum atomic E-state index is 11.7. The summed E-state index contributed by atoms with van der Waals surface area (Å²) in [4.78, 5) is 15.7. The van der Waals surface area contributed by atoms with Crippen LogP contribution in [-0.2, 0) is 9.47 Å². The summed E-state index contributed by atoms with van der Waals surface area (Å²) in [5.41, 5.74) is 0.356. The molecule has 2 atom stereocenters. The smallest absolute Gasteiger partial charge is 0.356 e. The second-order valence-corrected chi connectivity index (χ2v) is 5.45. The molecule has 0 radical (unpaired) electrons. The van der Waals surface area contributed by atoms with E-state index < -0.39 is 0 Å². The maximum absolute atomic E-state index is 11.7. The second kappa shape index (κ2) is 6.33. The molecular weight excluding hydrogens is 256 g/mol. The molecule has 2 fully saturated rings. The molecule has 1 aromatic rings. The van der Waals surface area contributed by atoms with E-state index in [9.17, 15) is 4.79 Å². The van der Waals surface area contributed by atoms with Crippen molar-refractivity contribution in [2.24, 2.45) is 5.92 Å². The first-order valence-corrected chi connectivity index (χ1v) is 7.26. The van der Waals surface area contributed by atoms with Crippen LogP contribution in [0, 0.1) is 5.92 Å². The van der Waals surface area contributed by atoms with E-state index in [0.29, 0.717) is 25.0 Å². The number of ether oxygens (including phenoxy) is 2. The number of hydrogen-bond donors (Lipinski definition) is 1. The molecule has 20 heavy (non-hydrogen) atoms. The highest BCUT2D eigenvalue weighted by Crippen LogP contribution is 2.35. The molecule has 0 bridgehead atoms. The molecule has 1 aliphatic carbocycles. The number of carbonyl (C=O) groups excluding carboxylic acids is 1. The molecule has 0 spiro atoms. The molecule has 5 heteroatoms. The lowest BCUT2D eigenvalue weighted by Gasteiger charge is -2.30. The Balaban J connectivity index is 1.35. The molecule has 2 heterocycles. The van der Waals surface area contributed by atoms with E-state index in [1.54, 1.807) is 24.4 Å². The second-order valence-electron chi connectivity index (χ2n) is 5.45. The van der Waals surface area contributed by atoms with Gasteiger partial charge in [-0.15, -0.1) is 0 Å². The molecule has 1 saturated carbocycles. The van der Waals surface area contributed by atoms with Crippen molar-refractivity contribution in [3.63, 3.8) is 0 Å². The zero-order valence-corrected chi connectivity index (χ0v) is 11.5. The number of nitrogens with zero attached hydrogens (tertiary/aromatic N) is 1. The molecule has 1 aliphatic heterocycles. The van der Waals surface area contributed by atoms with Crippen molar-refractivity contribution in [1.29, 1.82) is 0 Å². The van der Waals surface area contributed by atoms with Crippen molar-refractivity contribution in [3.05, 3.63) is 30.1 Å². The summed E-state index contributed by atoms with van der Waals surface area (Å²) in [5, 5.41) is 3.47. The lowest BCUT2D eigenvalue weighted by Crippen LogP contribution is -2.47. The molecule has 1 saturated heterocycles. The summed E-state index contributed by atoms with van der Waals surface area (Å²) in [6.07, 6.45) is 5.36. The van der Waals surface area contributed by atoms with Crippen molar-refractivity contribution in [3.8, 4) is 0 Å². The Bertz CT molecular complexity index is 440. The maximum Gasteiger partial charge on any atom is 0.356 e. The summed E-state index contributed by atoms with van der Waals surface area (Å²) >= 11 is 0. The van der Waals surface area contributed by atoms with Crippen molar-refractivity contribution in [2.75, 3.05) is 19.8 Å². The van der Waals surface area contributed by atoms with Crippen LogP contribution in [0.25, 0.3) is 0 Å². The van der Waals surface area contributed by atoms with E-state index in [4.69, 9.17) is 9.47 Å². The zero-order valence-electron chi connectivity index (χ0n) is 11.5. The minimum atomic E-state index is -0.363. The Labute approximate surface area is 118 Å². The van der Waals surface area contributed by atoms with Crippen LogP contribution in [0.5, 0.6) is 0 Å². The van der Waals surface area contributed by atoms with Gasteiger partial charge in [0.1, 0.15) is 5.69 Å². The van der Waals surface area contributed by atoms with Crippen LogP contribution < -0.4 is 5.32 Å². The molecule has 1 N–H and O–H groups in total. The minimum Gasteiger partial charge on any atom is -0.461 e. The van der Waals surface area contributed by atoms with Crippen molar-refractivity contribution < 1.29 is 14.3 Å². The van der Waals surface area contributed by atoms with Gasteiger partial charge in [0.05, 0.1) is 19.3 Å². The van der Waals surface area contributed by atoms with Crippen molar-refractivity contribution >= 4 is 5.97 Å². The van der Waals surface area contributed by atoms with Gasteiger partial charge in [-0.25, -0.2) is 9.78 Å². The fraction of sp³-hybridized carbons (Fsp3) is 0.600. The number of nitrogens with one attached hydrogen (secondary N) is 1. The van der Waals surface area contributed by atoms with Crippen LogP contribution in [0.2, 0.25) is 0 Å². The molecule has 2 unspecified atom stereocenters. The number of aromatic nitrogens is 1. The molecule has 1 aromatic heterocycles. The number of pyridine rings is 1. The van der Waals surface area contributed by atoms with E-state index in [-0.39, 0.29) is 12.0 Å². The van der Waals surface area contributed by atoms with Crippen LogP contribution in [-0.4, -0.2) is 42.9 Å². The molecule has 5 nitrogen and oxygen atoms in total. The van der Waals surface area contributed by atoms with Gasteiger partial charge in [0.2, 0.25) is 0 Å². The Hall–Kier alpha value is -1.46. The number of rotatable bonds is 5. The van der Waals surface area contributed by atoms with E-state index in [1.807, 2.05) is 0 Å². The Morgan fingerprint density at radius 2 is 2.35 bits per heavy atom. The third kappa shape index (κ3) is 3.55. The van der Waals surface area contributed by atoms with Gasteiger partial charge in [0.25, 0.3) is 0 Å². The van der Waals surface area contributed by atoms with Gasteiger partial charge >= 0.3 is 5.97 Å². The summed E-state index contributed by atoms with van der Waals surface area (Å²) in [7, 11) is 0. The largest absolute Gasteiger partial charge is 0.461 e. The number of morpholine rings is 1. The van der Waals surface area contributed by atoms with Gasteiger partial charge in [0, 0.05) is 18.8 Å². The topological polar surface area (TPSA) is 60.5 Å². The average molecular weight is 276 g/mol. The normalized spacial score (nSPS) is 26.2. The number of hydrogen-bond acceptors (Lipinski definition) is 5. The van der Waals surface area contributed by atoms with Crippen LogP contribution in [0.1, 0.15) is 29.8 Å². The quantitative estimate of drug-likeness (QED) is 0.824. The highest BCUT2D eigenvalue weighted by Gasteiger charge is 2.34. The van der Waals surface area contributed by atoms with Gasteiger partial charge in [-0.05, 0) is 37.3 Å². The molecule has 108 valence electrons. The fourth-order valence-electron chi connectivity index (χ4n) is 2.45. The van der Waals surface area contributed by atoms with E-state index >= 15 is 0 Å². The summed E-state index contributed by atoms with van der Waals surface area (Å²) in [5.74, 6) is 0.406. The third-order valence-electron chi connectivity index (χ3n) is 3.84. The van der Waals surface area contributed by atoms with Gasteiger partial charge in [-0.2, -0.15) is 0 Å². The molecule has 2 aliphatic rings. The summed E-state index contributed by atoms with van der Waals surface area (Å²) in [6.45, 7) is 2.02. The standard InChI is InChI=1S/C15H20N2O3/c18-15(13-3-1-2-7-16-13)19-8-6-12-10-20-14(9-17-12)11-4-5-11/h1-3,7,11-12,14,17H,4-6,8-10H2. The highest BCUT2D eigenvalue weighted by molar-refractivity contribution is 5.87. The minimum absolute atomic E-state index is 0.279. The number of carbonyl (C=O) groups is 1. The molecule has 0 aromatic carbocycles. The van der Waals surface area contributed by atoms with Crippen LogP contribution in [0.3, 0.4) is 0 Å². The Kier molecular flexibility index (Phi) is 4.28. The van der Waals surface area contributed by atoms with Crippen molar-refractivity contribution in [1.82, 2.24) is 10.3 Å². The molecule has 3 rings (SSSR count). The zero-order chi connectivity index (χ0) is 13.8. The Morgan fingerprint density at radius 3 is 3.00 bits per heavy atom. The predicted octanol–water partition coefficient (Wildman–Crippen LogP) is 1.40. The fourth-order valence-corrected chi connectivity index (χ4v) is 2.45. The first-order chi connectivity index (χ1) is 9.83. The first-order valence-electron chi connectivity index (χ1n) is 7.26. The van der Waals surface area contributed by atoms with Crippen LogP contribution in [0.4, 0.5) is 0 Å². The SMILES string of the molecule is O=C(OCCC1COC(C2CC2)CN1)c1ccccn1. The molecule has 0 amide bonds. The lowest BCUT2D eigenvalue weighted by molar-refractivity contribution is -0.0143. The highest BCUT2D eigenvalue weighted by atomic mass is 16.5. The van der Waals surface area contributed by atoms with Gasteiger partial charge in [-0.3, -0.25) is 0 Å². The lowest BCUT2D eigenvalue weighted by atomic mass is 10.1. The summed E-state index contributed by atoms with van der Waals surface area (Å²) < 4.78 is 11.1. The average Bonchev–Trinajstić information content (AvgIpc) is 3.33. The van der Waals surface area contributed by atoms with Crippen LogP contribution in [0.15, 0.2) is 24.4 Å². The monoisotopic (exact) mass is 276 g/mol. The van der Waals surface area contributed by atoms with E-state index in [0.717, 1.165) is 18.9 Å². The Morgan fingerprint density at radius 1 is 1.45 bits per heavy atom. The van der Waals surface area contributed by atoms with Gasteiger partial charge < -0.3 is 14.8 Å². The van der Waals surface area contributed by atoms with Crippen molar-refractivity contribution in [2.45, 2.75) is 31.4 Å². The van der Waals surface area contributed by atoms with Gasteiger partial charge in [-0.1, -0.05) is 6.07 Å². The van der Waals surface area contributed by atoms with Crippen LogP contribution >= 0.6 is 0 Å². The number of esters is 1. The van der Waals surface area contributed by atoms with E-state index in [1.165, 1.54) is 12.8 Å².